The summed E-state index contributed by atoms with van der Waals surface area (Å²) in [7, 11) is 0. The minimum absolute atomic E-state index is 0.143. The molecule has 1 heterocycles. The van der Waals surface area contributed by atoms with Crippen LogP contribution in [0.3, 0.4) is 0 Å². The summed E-state index contributed by atoms with van der Waals surface area (Å²) in [5.41, 5.74) is 0.858. The van der Waals surface area contributed by atoms with Gasteiger partial charge in [0.2, 0.25) is 0 Å². The zero-order valence-electron chi connectivity index (χ0n) is 8.07. The summed E-state index contributed by atoms with van der Waals surface area (Å²) in [5.74, 6) is -1.31. The maximum absolute atomic E-state index is 11.4. The molecule has 1 aromatic rings. The van der Waals surface area contributed by atoms with Gasteiger partial charge in [0.25, 0.3) is 0 Å². The molecule has 1 aromatic carbocycles. The highest BCUT2D eigenvalue weighted by Crippen LogP contribution is 2.13. The van der Waals surface area contributed by atoms with Crippen LogP contribution in [-0.2, 0) is 16.1 Å². The van der Waals surface area contributed by atoms with E-state index < -0.39 is 11.8 Å². The monoisotopic (exact) mass is 254 g/mol. The van der Waals surface area contributed by atoms with Crippen molar-refractivity contribution in [3.05, 3.63) is 34.9 Å². The third-order valence-electron chi connectivity index (χ3n) is 2.16. The molecule has 1 fully saturated rings. The third kappa shape index (κ3) is 2.05. The van der Waals surface area contributed by atoms with Gasteiger partial charge in [-0.05, 0) is 29.9 Å². The molecule has 2 rings (SSSR count). The summed E-state index contributed by atoms with van der Waals surface area (Å²) in [6.45, 7) is 0.271. The molecule has 0 aromatic heterocycles. The Bertz CT molecular complexity index is 472. The maximum Gasteiger partial charge on any atom is 0.318 e. The highest BCUT2D eigenvalue weighted by Gasteiger charge is 2.33. The van der Waals surface area contributed by atoms with Crippen molar-refractivity contribution in [3.8, 4) is 0 Å². The lowest BCUT2D eigenvalue weighted by Gasteiger charge is -2.13. The molecule has 1 aliphatic rings. The van der Waals surface area contributed by atoms with Gasteiger partial charge >= 0.3 is 11.8 Å². The lowest BCUT2D eigenvalue weighted by Crippen LogP contribution is -2.30. The Labute approximate surface area is 102 Å². The van der Waals surface area contributed by atoms with Gasteiger partial charge in [-0.3, -0.25) is 19.8 Å². The molecule has 0 saturated carbocycles. The van der Waals surface area contributed by atoms with Crippen LogP contribution in [0.4, 0.5) is 0 Å². The van der Waals surface area contributed by atoms with Crippen LogP contribution in [0.2, 0.25) is 5.02 Å². The van der Waals surface area contributed by atoms with Crippen LogP contribution >= 0.6 is 23.8 Å². The number of benzene rings is 1. The molecule has 4 nitrogen and oxygen atoms in total. The molecule has 1 saturated heterocycles. The summed E-state index contributed by atoms with van der Waals surface area (Å²) in [5, 5.41) is 3.05. The van der Waals surface area contributed by atoms with Crippen molar-refractivity contribution in [1.82, 2.24) is 10.2 Å². The molecule has 82 valence electrons. The molecule has 2 amide bonds. The molecule has 1 N–H and O–H groups in total. The zero-order chi connectivity index (χ0) is 11.7. The number of nitrogens with zero attached hydrogens (tertiary/aromatic N) is 1. The average Bonchev–Trinajstić information content (AvgIpc) is 2.48. The molecule has 0 bridgehead atoms. The van der Waals surface area contributed by atoms with Crippen molar-refractivity contribution in [3.63, 3.8) is 0 Å². The van der Waals surface area contributed by atoms with E-state index >= 15 is 0 Å². The number of amides is 2. The van der Waals surface area contributed by atoms with Crippen LogP contribution < -0.4 is 5.32 Å². The lowest BCUT2D eigenvalue weighted by molar-refractivity contribution is -0.140. The Morgan fingerprint density at radius 3 is 2.38 bits per heavy atom. The smallest absolute Gasteiger partial charge is 0.294 e. The number of carbonyl (C=O) groups is 2. The fraction of sp³-hybridized carbons (Fsp3) is 0.100. The van der Waals surface area contributed by atoms with Gasteiger partial charge in [0.1, 0.15) is 0 Å². The van der Waals surface area contributed by atoms with Crippen molar-refractivity contribution in [1.29, 1.82) is 0 Å². The summed E-state index contributed by atoms with van der Waals surface area (Å²) in [4.78, 5) is 23.6. The molecule has 6 heteroatoms. The molecule has 0 spiro atoms. The predicted molar refractivity (Wildman–Crippen MR) is 62.7 cm³/mol. The topological polar surface area (TPSA) is 49.4 Å². The highest BCUT2D eigenvalue weighted by atomic mass is 35.5. The largest absolute Gasteiger partial charge is 0.318 e. The second-order valence-electron chi connectivity index (χ2n) is 3.28. The number of thiocarbonyl (C=S) groups is 1. The summed E-state index contributed by atoms with van der Waals surface area (Å²) in [6, 6.07) is 6.99. The summed E-state index contributed by atoms with van der Waals surface area (Å²) >= 11 is 10.6. The molecule has 16 heavy (non-hydrogen) atoms. The fourth-order valence-electron chi connectivity index (χ4n) is 1.35. The van der Waals surface area contributed by atoms with Gasteiger partial charge in [-0.15, -0.1) is 0 Å². The van der Waals surface area contributed by atoms with Crippen LogP contribution in [0, 0.1) is 0 Å². The van der Waals surface area contributed by atoms with E-state index in [-0.39, 0.29) is 11.7 Å². The van der Waals surface area contributed by atoms with Crippen molar-refractivity contribution in [2.75, 3.05) is 0 Å². The van der Waals surface area contributed by atoms with E-state index in [9.17, 15) is 9.59 Å². The number of hydrogen-bond donors (Lipinski definition) is 1. The van der Waals surface area contributed by atoms with Crippen molar-refractivity contribution >= 4 is 40.7 Å². The van der Waals surface area contributed by atoms with Gasteiger partial charge in [-0.25, -0.2) is 0 Å². The number of nitrogens with one attached hydrogen (secondary N) is 1. The Kier molecular flexibility index (Phi) is 2.89. The quantitative estimate of drug-likeness (QED) is 0.635. The minimum Gasteiger partial charge on any atom is -0.294 e. The Hall–Kier alpha value is -1.46. The average molecular weight is 255 g/mol. The molecule has 0 atom stereocenters. The van der Waals surface area contributed by atoms with E-state index in [0.717, 1.165) is 5.56 Å². The molecular weight excluding hydrogens is 248 g/mol. The Morgan fingerprint density at radius 1 is 1.25 bits per heavy atom. The predicted octanol–water partition coefficient (Wildman–Crippen LogP) is 1.08. The van der Waals surface area contributed by atoms with Crippen LogP contribution in [0.25, 0.3) is 0 Å². The number of rotatable bonds is 2. The van der Waals surface area contributed by atoms with Crippen LogP contribution in [0.5, 0.6) is 0 Å². The second-order valence-corrected chi connectivity index (χ2v) is 4.10. The van der Waals surface area contributed by atoms with E-state index in [1.807, 2.05) is 0 Å². The molecule has 1 aliphatic heterocycles. The van der Waals surface area contributed by atoms with E-state index in [2.05, 4.69) is 5.32 Å². The first-order valence-electron chi connectivity index (χ1n) is 4.49. The van der Waals surface area contributed by atoms with E-state index in [0.29, 0.717) is 5.02 Å². The maximum atomic E-state index is 11.4. The van der Waals surface area contributed by atoms with Crippen LogP contribution in [0.1, 0.15) is 5.56 Å². The summed E-state index contributed by atoms with van der Waals surface area (Å²) < 4.78 is 0. The first kappa shape index (κ1) is 11.0. The first-order valence-corrected chi connectivity index (χ1v) is 5.28. The number of hydrogen-bond acceptors (Lipinski definition) is 3. The van der Waals surface area contributed by atoms with Crippen LogP contribution in [0.15, 0.2) is 24.3 Å². The minimum atomic E-state index is -0.682. The fourth-order valence-corrected chi connectivity index (χ4v) is 1.72. The van der Waals surface area contributed by atoms with Gasteiger partial charge < -0.3 is 0 Å². The van der Waals surface area contributed by atoms with E-state index in [1.54, 1.807) is 24.3 Å². The van der Waals surface area contributed by atoms with Crippen molar-refractivity contribution in [2.24, 2.45) is 0 Å². The van der Waals surface area contributed by atoms with Gasteiger partial charge in [0.15, 0.2) is 5.11 Å². The van der Waals surface area contributed by atoms with Gasteiger partial charge in [0.05, 0.1) is 6.54 Å². The van der Waals surface area contributed by atoms with E-state index in [4.69, 9.17) is 23.8 Å². The van der Waals surface area contributed by atoms with Crippen molar-refractivity contribution < 1.29 is 9.59 Å². The van der Waals surface area contributed by atoms with Crippen LogP contribution in [-0.4, -0.2) is 21.8 Å². The van der Waals surface area contributed by atoms with Gasteiger partial charge in [0, 0.05) is 5.02 Å². The molecule has 0 aliphatic carbocycles. The summed E-state index contributed by atoms with van der Waals surface area (Å²) in [6.07, 6.45) is 0. The van der Waals surface area contributed by atoms with Gasteiger partial charge in [-0.2, -0.15) is 0 Å². The number of halogens is 1. The Morgan fingerprint density at radius 2 is 1.88 bits per heavy atom. The standard InChI is InChI=1S/C10H7ClN2O2S/c11-7-3-1-6(2-4-7)5-13-9(15)8(14)12-10(13)16/h1-4H,5H2,(H,12,14,16). The molecule has 0 radical (unpaired) electrons. The third-order valence-corrected chi connectivity index (χ3v) is 2.73. The van der Waals surface area contributed by atoms with Gasteiger partial charge in [-0.1, -0.05) is 23.7 Å². The van der Waals surface area contributed by atoms with E-state index in [1.165, 1.54) is 4.90 Å². The first-order chi connectivity index (χ1) is 7.58. The zero-order valence-corrected chi connectivity index (χ0v) is 9.64. The molecular formula is C10H7ClN2O2S. The SMILES string of the molecule is O=C1NC(=S)N(Cc2ccc(Cl)cc2)C1=O. The van der Waals surface area contributed by atoms with Crippen molar-refractivity contribution in [2.45, 2.75) is 6.54 Å². The highest BCUT2D eigenvalue weighted by molar-refractivity contribution is 7.80. The molecule has 0 unspecified atom stereocenters. The number of carbonyl (C=O) groups excluding carboxylic acids is 2. The normalized spacial score (nSPS) is 15.6. The Balaban J connectivity index is 2.16. The lowest BCUT2D eigenvalue weighted by atomic mass is 10.2. The second kappa shape index (κ2) is 4.19.